The molecule has 0 fully saturated rings. The SMILES string of the molecule is Cc1nnsc1C(=O)NC(C)(C)C(C)Br. The van der Waals surface area contributed by atoms with Gasteiger partial charge in [-0.25, -0.2) is 0 Å². The van der Waals surface area contributed by atoms with E-state index in [9.17, 15) is 4.79 Å². The molecule has 0 radical (unpaired) electrons. The summed E-state index contributed by atoms with van der Waals surface area (Å²) in [4.78, 5) is 12.6. The third kappa shape index (κ3) is 2.98. The first-order chi connectivity index (χ1) is 6.84. The highest BCUT2D eigenvalue weighted by Crippen LogP contribution is 2.18. The van der Waals surface area contributed by atoms with Gasteiger partial charge in [0.15, 0.2) is 0 Å². The maximum atomic E-state index is 11.8. The fourth-order valence-electron chi connectivity index (χ4n) is 0.889. The number of amides is 1. The van der Waals surface area contributed by atoms with Crippen molar-refractivity contribution >= 4 is 33.4 Å². The van der Waals surface area contributed by atoms with Gasteiger partial charge < -0.3 is 5.32 Å². The van der Waals surface area contributed by atoms with E-state index in [2.05, 4.69) is 30.8 Å². The van der Waals surface area contributed by atoms with Crippen LogP contribution in [0.5, 0.6) is 0 Å². The molecule has 6 heteroatoms. The van der Waals surface area contributed by atoms with Crippen LogP contribution in [0.4, 0.5) is 0 Å². The smallest absolute Gasteiger partial charge is 0.265 e. The van der Waals surface area contributed by atoms with Gasteiger partial charge in [-0.15, -0.1) is 5.10 Å². The highest BCUT2D eigenvalue weighted by atomic mass is 79.9. The van der Waals surface area contributed by atoms with Gasteiger partial charge in [0, 0.05) is 10.4 Å². The van der Waals surface area contributed by atoms with E-state index in [1.807, 2.05) is 20.8 Å². The monoisotopic (exact) mass is 291 g/mol. The van der Waals surface area contributed by atoms with Gasteiger partial charge in [-0.05, 0) is 32.3 Å². The van der Waals surface area contributed by atoms with Crippen LogP contribution in [0.3, 0.4) is 0 Å². The summed E-state index contributed by atoms with van der Waals surface area (Å²) >= 11 is 4.59. The average molecular weight is 292 g/mol. The Morgan fingerprint density at radius 2 is 2.20 bits per heavy atom. The number of hydrogen-bond donors (Lipinski definition) is 1. The van der Waals surface area contributed by atoms with Gasteiger partial charge in [-0.1, -0.05) is 27.3 Å². The Labute approximate surface area is 102 Å². The Morgan fingerprint density at radius 3 is 2.60 bits per heavy atom. The quantitative estimate of drug-likeness (QED) is 0.868. The Hall–Kier alpha value is -0.490. The predicted molar refractivity (Wildman–Crippen MR) is 64.6 cm³/mol. The van der Waals surface area contributed by atoms with Crippen LogP contribution in [-0.4, -0.2) is 25.9 Å². The largest absolute Gasteiger partial charge is 0.345 e. The second-order valence-corrected chi connectivity index (χ2v) is 6.11. The van der Waals surface area contributed by atoms with Crippen LogP contribution in [0.2, 0.25) is 0 Å². The van der Waals surface area contributed by atoms with E-state index in [-0.39, 0.29) is 16.3 Å². The Balaban J connectivity index is 2.77. The maximum absolute atomic E-state index is 11.8. The van der Waals surface area contributed by atoms with Gasteiger partial charge in [-0.2, -0.15) is 0 Å². The van der Waals surface area contributed by atoms with Crippen LogP contribution in [0.15, 0.2) is 0 Å². The van der Waals surface area contributed by atoms with Gasteiger partial charge >= 0.3 is 0 Å². The number of nitrogens with one attached hydrogen (secondary N) is 1. The third-order valence-corrected chi connectivity index (χ3v) is 4.26. The van der Waals surface area contributed by atoms with Crippen LogP contribution in [0.1, 0.15) is 36.1 Å². The molecular weight excluding hydrogens is 278 g/mol. The lowest BCUT2D eigenvalue weighted by atomic mass is 10.0. The fraction of sp³-hybridized carbons (Fsp3) is 0.667. The summed E-state index contributed by atoms with van der Waals surface area (Å²) in [6.45, 7) is 7.71. The number of rotatable bonds is 3. The van der Waals surface area contributed by atoms with E-state index in [1.54, 1.807) is 6.92 Å². The van der Waals surface area contributed by atoms with E-state index < -0.39 is 0 Å². The molecule has 0 aliphatic rings. The number of hydrogen-bond acceptors (Lipinski definition) is 4. The van der Waals surface area contributed by atoms with Gasteiger partial charge in [0.25, 0.3) is 5.91 Å². The normalized spacial score (nSPS) is 13.7. The minimum absolute atomic E-state index is 0.112. The van der Waals surface area contributed by atoms with E-state index >= 15 is 0 Å². The van der Waals surface area contributed by atoms with Crippen molar-refractivity contribution in [1.29, 1.82) is 0 Å². The maximum Gasteiger partial charge on any atom is 0.265 e. The summed E-state index contributed by atoms with van der Waals surface area (Å²) in [5.74, 6) is -0.112. The summed E-state index contributed by atoms with van der Waals surface area (Å²) in [7, 11) is 0. The van der Waals surface area contributed by atoms with Crippen LogP contribution < -0.4 is 5.32 Å². The predicted octanol–water partition coefficient (Wildman–Crippen LogP) is 2.14. The summed E-state index contributed by atoms with van der Waals surface area (Å²) in [6, 6.07) is 0. The van der Waals surface area contributed by atoms with Crippen molar-refractivity contribution in [2.24, 2.45) is 0 Å². The average Bonchev–Trinajstić information content (AvgIpc) is 2.50. The first-order valence-electron chi connectivity index (χ1n) is 4.60. The molecule has 1 rings (SSSR count). The molecular formula is C9H14BrN3OS. The number of aryl methyl sites for hydroxylation is 1. The van der Waals surface area contributed by atoms with Crippen molar-refractivity contribution in [3.8, 4) is 0 Å². The molecule has 0 saturated carbocycles. The molecule has 15 heavy (non-hydrogen) atoms. The third-order valence-electron chi connectivity index (χ3n) is 2.29. The lowest BCUT2D eigenvalue weighted by Gasteiger charge is -2.28. The van der Waals surface area contributed by atoms with Crippen LogP contribution in [-0.2, 0) is 0 Å². The molecule has 1 unspecified atom stereocenters. The van der Waals surface area contributed by atoms with Gasteiger partial charge in [-0.3, -0.25) is 4.79 Å². The summed E-state index contributed by atoms with van der Waals surface area (Å²) in [5.41, 5.74) is 0.378. The van der Waals surface area contributed by atoms with Gasteiger partial charge in [0.1, 0.15) is 4.88 Å². The highest BCUT2D eigenvalue weighted by molar-refractivity contribution is 9.09. The molecule has 1 heterocycles. The Kier molecular flexibility index (Phi) is 3.83. The first-order valence-corrected chi connectivity index (χ1v) is 6.29. The molecule has 0 spiro atoms. The number of carbonyl (C=O) groups is 1. The molecule has 1 aromatic heterocycles. The van der Waals surface area contributed by atoms with E-state index in [0.29, 0.717) is 10.6 Å². The zero-order valence-electron chi connectivity index (χ0n) is 9.17. The Morgan fingerprint density at radius 1 is 1.60 bits per heavy atom. The number of alkyl halides is 1. The van der Waals surface area contributed by atoms with Crippen LogP contribution >= 0.6 is 27.5 Å². The molecule has 1 amide bonds. The summed E-state index contributed by atoms with van der Waals surface area (Å²) < 4.78 is 3.74. The molecule has 84 valence electrons. The van der Waals surface area contributed by atoms with Crippen LogP contribution in [0, 0.1) is 6.92 Å². The van der Waals surface area contributed by atoms with Gasteiger partial charge in [0.2, 0.25) is 0 Å². The molecule has 0 aliphatic heterocycles. The van der Waals surface area contributed by atoms with Crippen molar-refractivity contribution in [1.82, 2.24) is 14.9 Å². The zero-order chi connectivity index (χ0) is 11.6. The molecule has 0 saturated heterocycles. The lowest BCUT2D eigenvalue weighted by molar-refractivity contribution is 0.0917. The van der Waals surface area contributed by atoms with Crippen molar-refractivity contribution in [3.63, 3.8) is 0 Å². The molecule has 1 N–H and O–H groups in total. The van der Waals surface area contributed by atoms with E-state index in [4.69, 9.17) is 0 Å². The van der Waals surface area contributed by atoms with Crippen LogP contribution in [0.25, 0.3) is 0 Å². The summed E-state index contributed by atoms with van der Waals surface area (Å²) in [6.07, 6.45) is 0. The molecule has 4 nitrogen and oxygen atoms in total. The van der Waals surface area contributed by atoms with Crippen molar-refractivity contribution in [2.75, 3.05) is 0 Å². The number of aromatic nitrogens is 2. The molecule has 0 aromatic carbocycles. The second-order valence-electron chi connectivity index (χ2n) is 3.98. The standard InChI is InChI=1S/C9H14BrN3OS/c1-5-7(15-13-12-5)8(14)11-9(3,4)6(2)10/h6H,1-4H3,(H,11,14). The van der Waals surface area contributed by atoms with Gasteiger partial charge in [0.05, 0.1) is 5.69 Å². The van der Waals surface area contributed by atoms with Crippen molar-refractivity contribution < 1.29 is 4.79 Å². The fourth-order valence-corrected chi connectivity index (χ4v) is 1.55. The van der Waals surface area contributed by atoms with E-state index in [1.165, 1.54) is 0 Å². The second kappa shape index (κ2) is 4.57. The molecule has 1 aromatic rings. The molecule has 1 atom stereocenters. The zero-order valence-corrected chi connectivity index (χ0v) is 11.6. The number of halogens is 1. The minimum atomic E-state index is -0.298. The first kappa shape index (κ1) is 12.6. The van der Waals surface area contributed by atoms with E-state index in [0.717, 1.165) is 11.5 Å². The molecule has 0 aliphatic carbocycles. The lowest BCUT2D eigenvalue weighted by Crippen LogP contribution is -2.48. The Bertz CT molecular complexity index is 362. The summed E-state index contributed by atoms with van der Waals surface area (Å²) in [5, 5.41) is 6.75. The van der Waals surface area contributed by atoms with Crippen molar-refractivity contribution in [3.05, 3.63) is 10.6 Å². The number of carbonyl (C=O) groups excluding carboxylic acids is 1. The minimum Gasteiger partial charge on any atom is -0.345 e. The molecule has 0 bridgehead atoms. The van der Waals surface area contributed by atoms with Crippen molar-refractivity contribution in [2.45, 2.75) is 38.1 Å². The topological polar surface area (TPSA) is 54.9 Å². The highest BCUT2D eigenvalue weighted by Gasteiger charge is 2.27. The number of nitrogens with zero attached hydrogens (tertiary/aromatic N) is 2.